The van der Waals surface area contributed by atoms with Crippen LogP contribution >= 0.6 is 11.8 Å². The van der Waals surface area contributed by atoms with Crippen molar-refractivity contribution in [3.63, 3.8) is 0 Å². The molecule has 0 radical (unpaired) electrons. The fourth-order valence-electron chi connectivity index (χ4n) is 1.78. The minimum Gasteiger partial charge on any atom is -0.459 e. The molecule has 4 heteroatoms. The van der Waals surface area contributed by atoms with Crippen molar-refractivity contribution in [2.75, 3.05) is 6.26 Å². The fraction of sp³-hybridized carbons (Fsp3) is 0.214. The summed E-state index contributed by atoms with van der Waals surface area (Å²) in [7, 11) is 0. The fourth-order valence-corrected chi connectivity index (χ4v) is 2.47. The van der Waals surface area contributed by atoms with Gasteiger partial charge in [-0.15, -0.1) is 11.8 Å². The van der Waals surface area contributed by atoms with Crippen LogP contribution in [0.2, 0.25) is 0 Å². The van der Waals surface area contributed by atoms with Crippen LogP contribution in [0.3, 0.4) is 0 Å². The second-order valence-electron chi connectivity index (χ2n) is 3.91. The van der Waals surface area contributed by atoms with Gasteiger partial charge in [0.2, 0.25) is 0 Å². The normalized spacial score (nSPS) is 12.1. The smallest absolute Gasteiger partial charge is 0.287 e. The van der Waals surface area contributed by atoms with Crippen LogP contribution < -0.4 is 5.32 Å². The largest absolute Gasteiger partial charge is 0.459 e. The Morgan fingerprint density at radius 1 is 1.28 bits per heavy atom. The summed E-state index contributed by atoms with van der Waals surface area (Å²) in [4.78, 5) is 13.0. The number of carbonyl (C=O) groups is 1. The van der Waals surface area contributed by atoms with Crippen molar-refractivity contribution in [3.8, 4) is 0 Å². The summed E-state index contributed by atoms with van der Waals surface area (Å²) >= 11 is 1.67. The van der Waals surface area contributed by atoms with Gasteiger partial charge in [-0.05, 0) is 36.9 Å². The molecule has 1 aromatic carbocycles. The number of amides is 1. The van der Waals surface area contributed by atoms with Crippen molar-refractivity contribution in [2.24, 2.45) is 0 Å². The van der Waals surface area contributed by atoms with E-state index in [1.165, 1.54) is 11.2 Å². The van der Waals surface area contributed by atoms with Crippen molar-refractivity contribution in [2.45, 2.75) is 17.9 Å². The van der Waals surface area contributed by atoms with Crippen LogP contribution in [-0.2, 0) is 0 Å². The minimum absolute atomic E-state index is 0.0498. The van der Waals surface area contributed by atoms with E-state index in [-0.39, 0.29) is 11.9 Å². The van der Waals surface area contributed by atoms with E-state index in [0.717, 1.165) is 5.56 Å². The van der Waals surface area contributed by atoms with Crippen molar-refractivity contribution in [1.29, 1.82) is 0 Å². The maximum atomic E-state index is 11.9. The number of carbonyl (C=O) groups excluding carboxylic acids is 1. The van der Waals surface area contributed by atoms with Gasteiger partial charge in [0.15, 0.2) is 5.76 Å². The number of benzene rings is 1. The molecule has 1 heterocycles. The summed E-state index contributed by atoms with van der Waals surface area (Å²) in [6.45, 7) is 1.97. The van der Waals surface area contributed by atoms with E-state index in [0.29, 0.717) is 5.76 Å². The Bertz CT molecular complexity index is 522. The van der Waals surface area contributed by atoms with Gasteiger partial charge < -0.3 is 9.73 Å². The number of nitrogens with one attached hydrogen (secondary N) is 1. The van der Waals surface area contributed by atoms with Crippen LogP contribution in [-0.4, -0.2) is 12.2 Å². The Morgan fingerprint density at radius 2 is 2.06 bits per heavy atom. The zero-order valence-corrected chi connectivity index (χ0v) is 11.2. The molecule has 0 aliphatic carbocycles. The molecule has 1 aromatic heterocycles. The highest BCUT2D eigenvalue weighted by Gasteiger charge is 2.15. The zero-order chi connectivity index (χ0) is 13.0. The molecule has 0 unspecified atom stereocenters. The monoisotopic (exact) mass is 261 g/mol. The molecule has 0 spiro atoms. The van der Waals surface area contributed by atoms with Gasteiger partial charge >= 0.3 is 0 Å². The lowest BCUT2D eigenvalue weighted by Crippen LogP contribution is -2.26. The van der Waals surface area contributed by atoms with Gasteiger partial charge in [-0.3, -0.25) is 4.79 Å². The van der Waals surface area contributed by atoms with Gasteiger partial charge in [-0.1, -0.05) is 18.2 Å². The van der Waals surface area contributed by atoms with E-state index < -0.39 is 0 Å². The maximum Gasteiger partial charge on any atom is 0.287 e. The van der Waals surface area contributed by atoms with Crippen LogP contribution in [0, 0.1) is 0 Å². The summed E-state index contributed by atoms with van der Waals surface area (Å²) in [5.74, 6) is 0.145. The highest BCUT2D eigenvalue weighted by atomic mass is 32.2. The third-order valence-electron chi connectivity index (χ3n) is 2.70. The first-order chi connectivity index (χ1) is 8.72. The summed E-state index contributed by atoms with van der Waals surface area (Å²) in [6, 6.07) is 11.4. The summed E-state index contributed by atoms with van der Waals surface area (Å²) in [5, 5.41) is 2.93. The molecule has 3 nitrogen and oxygen atoms in total. The molecule has 0 bridgehead atoms. The topological polar surface area (TPSA) is 42.2 Å². The zero-order valence-electron chi connectivity index (χ0n) is 10.3. The number of rotatable bonds is 4. The van der Waals surface area contributed by atoms with Crippen LogP contribution in [0.25, 0.3) is 0 Å². The third-order valence-corrected chi connectivity index (χ3v) is 3.51. The molecule has 1 atom stereocenters. The van der Waals surface area contributed by atoms with Crippen LogP contribution in [0.5, 0.6) is 0 Å². The highest BCUT2D eigenvalue weighted by Crippen LogP contribution is 2.25. The quantitative estimate of drug-likeness (QED) is 0.857. The Hall–Kier alpha value is -1.68. The Balaban J connectivity index is 2.12. The Morgan fingerprint density at radius 3 is 2.72 bits per heavy atom. The SMILES string of the molecule is CSc1ccccc1[C@H](C)NC(=O)c1ccco1. The van der Waals surface area contributed by atoms with E-state index in [4.69, 9.17) is 4.42 Å². The lowest BCUT2D eigenvalue weighted by Gasteiger charge is -2.16. The molecule has 2 rings (SSSR count). The second-order valence-corrected chi connectivity index (χ2v) is 4.76. The third kappa shape index (κ3) is 2.76. The van der Waals surface area contributed by atoms with Gasteiger partial charge in [-0.2, -0.15) is 0 Å². The van der Waals surface area contributed by atoms with Gasteiger partial charge in [-0.25, -0.2) is 0 Å². The van der Waals surface area contributed by atoms with E-state index in [2.05, 4.69) is 11.4 Å². The predicted molar refractivity (Wildman–Crippen MR) is 72.8 cm³/mol. The van der Waals surface area contributed by atoms with Gasteiger partial charge in [0.25, 0.3) is 5.91 Å². The molecule has 18 heavy (non-hydrogen) atoms. The molecule has 0 fully saturated rings. The molecule has 0 aliphatic rings. The predicted octanol–water partition coefficient (Wildman–Crippen LogP) is 3.49. The lowest BCUT2D eigenvalue weighted by molar-refractivity contribution is 0.0911. The minimum atomic E-state index is -0.191. The molecular formula is C14H15NO2S. The van der Waals surface area contributed by atoms with E-state index >= 15 is 0 Å². The molecule has 0 saturated heterocycles. The summed E-state index contributed by atoms with van der Waals surface area (Å²) < 4.78 is 5.07. The van der Waals surface area contributed by atoms with E-state index in [1.807, 2.05) is 31.4 Å². The highest BCUT2D eigenvalue weighted by molar-refractivity contribution is 7.98. The van der Waals surface area contributed by atoms with Crippen molar-refractivity contribution in [1.82, 2.24) is 5.32 Å². The van der Waals surface area contributed by atoms with Crippen molar-refractivity contribution < 1.29 is 9.21 Å². The molecule has 1 amide bonds. The maximum absolute atomic E-state index is 11.9. The summed E-state index contributed by atoms with van der Waals surface area (Å²) in [6.07, 6.45) is 3.52. The Labute approximate surface area is 111 Å². The van der Waals surface area contributed by atoms with Crippen molar-refractivity contribution >= 4 is 17.7 Å². The van der Waals surface area contributed by atoms with E-state index in [9.17, 15) is 4.79 Å². The first-order valence-electron chi connectivity index (χ1n) is 5.69. The summed E-state index contributed by atoms with van der Waals surface area (Å²) in [5.41, 5.74) is 1.12. The van der Waals surface area contributed by atoms with Crippen LogP contribution in [0.4, 0.5) is 0 Å². The molecular weight excluding hydrogens is 246 g/mol. The molecule has 2 aromatic rings. The number of hydrogen-bond acceptors (Lipinski definition) is 3. The average molecular weight is 261 g/mol. The lowest BCUT2D eigenvalue weighted by atomic mass is 10.1. The molecule has 94 valence electrons. The first-order valence-corrected chi connectivity index (χ1v) is 6.92. The van der Waals surface area contributed by atoms with Crippen LogP contribution in [0.15, 0.2) is 52.0 Å². The number of thioether (sulfide) groups is 1. The molecule has 0 saturated carbocycles. The molecule has 0 aliphatic heterocycles. The van der Waals surface area contributed by atoms with Gasteiger partial charge in [0.05, 0.1) is 12.3 Å². The van der Waals surface area contributed by atoms with Crippen molar-refractivity contribution in [3.05, 3.63) is 54.0 Å². The number of hydrogen-bond donors (Lipinski definition) is 1. The second kappa shape index (κ2) is 5.78. The first kappa shape index (κ1) is 12.8. The number of furan rings is 1. The van der Waals surface area contributed by atoms with Crippen LogP contribution in [0.1, 0.15) is 29.1 Å². The van der Waals surface area contributed by atoms with E-state index in [1.54, 1.807) is 23.9 Å². The standard InChI is InChI=1S/C14H15NO2S/c1-10(11-6-3-4-8-13(11)18-2)15-14(16)12-7-5-9-17-12/h3-10H,1-2H3,(H,15,16)/t10-/m0/s1. The van der Waals surface area contributed by atoms with Gasteiger partial charge in [0.1, 0.15) is 0 Å². The molecule has 1 N–H and O–H groups in total. The average Bonchev–Trinajstić information content (AvgIpc) is 2.92. The Kier molecular flexibility index (Phi) is 4.10. The van der Waals surface area contributed by atoms with Gasteiger partial charge in [0, 0.05) is 4.90 Å².